The van der Waals surface area contributed by atoms with E-state index in [2.05, 4.69) is 37.8 Å². The van der Waals surface area contributed by atoms with E-state index in [1.54, 1.807) is 18.9 Å². The van der Waals surface area contributed by atoms with E-state index in [9.17, 15) is 0 Å². The highest BCUT2D eigenvalue weighted by Gasteiger charge is 2.18. The highest BCUT2D eigenvalue weighted by Crippen LogP contribution is 2.28. The van der Waals surface area contributed by atoms with Gasteiger partial charge in [0.05, 0.1) is 7.11 Å². The van der Waals surface area contributed by atoms with E-state index >= 15 is 0 Å². The van der Waals surface area contributed by atoms with Gasteiger partial charge in [0.25, 0.3) is 5.95 Å². The number of hydrogen-bond donors (Lipinski definition) is 0. The zero-order valence-corrected chi connectivity index (χ0v) is 14.1. The Morgan fingerprint density at radius 3 is 2.26 bits per heavy atom. The summed E-state index contributed by atoms with van der Waals surface area (Å²) in [7, 11) is 0.00261. The lowest BCUT2D eigenvalue weighted by Gasteiger charge is -2.20. The van der Waals surface area contributed by atoms with Gasteiger partial charge in [-0.1, -0.05) is 36.0 Å². The molecule has 0 aromatic heterocycles. The Hall–Kier alpha value is -1.13. The van der Waals surface area contributed by atoms with E-state index in [4.69, 9.17) is 9.16 Å². The van der Waals surface area contributed by atoms with Crippen molar-refractivity contribution in [2.75, 3.05) is 7.11 Å². The smallest absolute Gasteiger partial charge is 0.266 e. The molecule has 2 nitrogen and oxygen atoms in total. The van der Waals surface area contributed by atoms with Crippen molar-refractivity contribution in [3.8, 4) is 0 Å². The summed E-state index contributed by atoms with van der Waals surface area (Å²) in [6.45, 7) is 8.43. The van der Waals surface area contributed by atoms with Crippen molar-refractivity contribution in [3.05, 3.63) is 53.3 Å². The lowest BCUT2D eigenvalue weighted by molar-refractivity contribution is 0.147. The molecule has 0 unspecified atom stereocenters. The molecule has 1 rings (SSSR count). The maximum absolute atomic E-state index is 5.88. The van der Waals surface area contributed by atoms with Gasteiger partial charge < -0.3 is 9.16 Å². The number of hydrogen-bond acceptors (Lipinski definition) is 3. The quantitative estimate of drug-likeness (QED) is 0.317. The first-order valence-electron chi connectivity index (χ1n) is 6.28. The summed E-state index contributed by atoms with van der Waals surface area (Å²) in [5, 5.41) is 0. The van der Waals surface area contributed by atoms with Crippen molar-refractivity contribution < 1.29 is 9.16 Å². The molecule has 0 aliphatic heterocycles. The fourth-order valence-electron chi connectivity index (χ4n) is 1.34. The van der Waals surface area contributed by atoms with Crippen molar-refractivity contribution >= 4 is 20.1 Å². The van der Waals surface area contributed by atoms with Gasteiger partial charge in [0, 0.05) is 15.9 Å². The third kappa shape index (κ3) is 6.54. The number of ether oxygens (including phenoxy) is 1. The highest BCUT2D eigenvalue weighted by molar-refractivity contribution is 8.03. The van der Waals surface area contributed by atoms with Gasteiger partial charge in [-0.3, -0.25) is 0 Å². The van der Waals surface area contributed by atoms with Gasteiger partial charge in [-0.15, -0.1) is 0 Å². The van der Waals surface area contributed by atoms with Crippen LogP contribution in [0.1, 0.15) is 6.92 Å². The number of allylic oxidation sites excluding steroid dienone is 2. The predicted molar refractivity (Wildman–Crippen MR) is 85.6 cm³/mol. The fourth-order valence-corrected chi connectivity index (χ4v) is 2.93. The Morgan fingerprint density at radius 2 is 1.79 bits per heavy atom. The number of rotatable bonds is 6. The highest BCUT2D eigenvalue weighted by atomic mass is 32.2. The molecule has 0 atom stereocenters. The molecule has 0 fully saturated rings. The third-order valence-corrected chi connectivity index (χ3v) is 4.04. The van der Waals surface area contributed by atoms with Crippen molar-refractivity contribution in [3.63, 3.8) is 0 Å². The van der Waals surface area contributed by atoms with Crippen LogP contribution in [0.2, 0.25) is 19.6 Å². The first-order chi connectivity index (χ1) is 8.94. The summed E-state index contributed by atoms with van der Waals surface area (Å²) in [6, 6.07) is 10.3. The van der Waals surface area contributed by atoms with Crippen LogP contribution in [0.4, 0.5) is 0 Å². The lowest BCUT2D eigenvalue weighted by Crippen LogP contribution is -2.25. The predicted octanol–water partition coefficient (Wildman–Crippen LogP) is 5.02. The van der Waals surface area contributed by atoms with E-state index in [-0.39, 0.29) is 0 Å². The molecule has 1 aromatic rings. The molecule has 19 heavy (non-hydrogen) atoms. The van der Waals surface area contributed by atoms with Crippen LogP contribution in [-0.2, 0) is 9.16 Å². The average molecular weight is 294 g/mol. The molecule has 0 bridgehead atoms. The van der Waals surface area contributed by atoms with E-state index in [0.717, 1.165) is 4.91 Å². The van der Waals surface area contributed by atoms with E-state index in [0.29, 0.717) is 5.95 Å². The van der Waals surface area contributed by atoms with Crippen LogP contribution in [-0.4, -0.2) is 15.4 Å². The van der Waals surface area contributed by atoms with Crippen molar-refractivity contribution in [1.29, 1.82) is 0 Å². The van der Waals surface area contributed by atoms with E-state index < -0.39 is 8.32 Å². The van der Waals surface area contributed by atoms with E-state index in [1.807, 2.05) is 31.2 Å². The van der Waals surface area contributed by atoms with Gasteiger partial charge in [-0.05, 0) is 38.7 Å². The molecule has 0 aliphatic carbocycles. The van der Waals surface area contributed by atoms with Crippen LogP contribution in [0.5, 0.6) is 0 Å². The Kier molecular flexibility index (Phi) is 6.25. The first-order valence-corrected chi connectivity index (χ1v) is 10.5. The summed E-state index contributed by atoms with van der Waals surface area (Å²) in [5.74, 6) is 0.593. The van der Waals surface area contributed by atoms with Crippen LogP contribution in [0.3, 0.4) is 0 Å². The van der Waals surface area contributed by atoms with Crippen LogP contribution < -0.4 is 0 Å². The second-order valence-corrected chi connectivity index (χ2v) is 10.6. The largest absolute Gasteiger partial charge is 0.520 e. The van der Waals surface area contributed by atoms with Crippen molar-refractivity contribution in [2.45, 2.75) is 31.5 Å². The van der Waals surface area contributed by atoms with Gasteiger partial charge in [0.2, 0.25) is 8.32 Å². The minimum atomic E-state index is -1.64. The normalized spacial score (nSPS) is 13.3. The molecule has 0 heterocycles. The molecule has 4 heteroatoms. The first kappa shape index (κ1) is 15.9. The van der Waals surface area contributed by atoms with Crippen molar-refractivity contribution in [2.24, 2.45) is 0 Å². The van der Waals surface area contributed by atoms with Crippen molar-refractivity contribution in [1.82, 2.24) is 0 Å². The summed E-state index contributed by atoms with van der Waals surface area (Å²) in [6.07, 6.45) is 4.01. The zero-order valence-electron chi connectivity index (χ0n) is 12.3. The van der Waals surface area contributed by atoms with Gasteiger partial charge in [0.1, 0.15) is 0 Å². The summed E-state index contributed by atoms with van der Waals surface area (Å²) in [4.78, 5) is 2.32. The average Bonchev–Trinajstić information content (AvgIpc) is 2.36. The lowest BCUT2D eigenvalue weighted by atomic mass is 10.4. The zero-order chi connectivity index (χ0) is 14.3. The Labute approximate surface area is 121 Å². The molecule has 1 aromatic carbocycles. The molecule has 0 radical (unpaired) electrons. The second kappa shape index (κ2) is 7.45. The molecule has 104 valence electrons. The maximum Gasteiger partial charge on any atom is 0.266 e. The number of thioether (sulfide) groups is 1. The molecular weight excluding hydrogens is 272 g/mol. The van der Waals surface area contributed by atoms with Gasteiger partial charge in [-0.25, -0.2) is 0 Å². The van der Waals surface area contributed by atoms with Gasteiger partial charge in [-0.2, -0.15) is 0 Å². The Bertz CT molecular complexity index is 447. The molecule has 0 saturated carbocycles. The molecular formula is C15H22O2SSi. The molecule has 0 N–H and O–H groups in total. The molecule has 0 spiro atoms. The minimum Gasteiger partial charge on any atom is -0.520 e. The monoisotopic (exact) mass is 294 g/mol. The standard InChI is InChI=1S/C15H22O2SSi/c1-6-13(18-14-10-8-7-9-11-14)12-15(16-2)17-19(3,4)5/h6-12H,1-5H3/b13-6+,15-12+. The van der Waals surface area contributed by atoms with Crippen LogP contribution in [0, 0.1) is 0 Å². The summed E-state index contributed by atoms with van der Waals surface area (Å²) in [5.41, 5.74) is 0. The fraction of sp³-hybridized carbons (Fsp3) is 0.333. The van der Waals surface area contributed by atoms with Crippen LogP contribution in [0.15, 0.2) is 58.2 Å². The summed E-state index contributed by atoms with van der Waals surface area (Å²) < 4.78 is 11.2. The maximum atomic E-state index is 5.88. The molecule has 0 aliphatic rings. The SMILES string of the molecule is C/C=C(\C=C(/OC)O[Si](C)(C)C)Sc1ccccc1. The minimum absolute atomic E-state index is 0.593. The van der Waals surface area contributed by atoms with Crippen LogP contribution >= 0.6 is 11.8 Å². The van der Waals surface area contributed by atoms with Gasteiger partial charge >= 0.3 is 0 Å². The van der Waals surface area contributed by atoms with E-state index in [1.165, 1.54) is 4.90 Å². The van der Waals surface area contributed by atoms with Gasteiger partial charge in [0.15, 0.2) is 0 Å². The number of benzene rings is 1. The Balaban J connectivity index is 2.80. The number of methoxy groups -OCH3 is 1. The molecule has 0 amide bonds. The second-order valence-electron chi connectivity index (χ2n) is 4.99. The third-order valence-electron chi connectivity index (χ3n) is 2.13. The topological polar surface area (TPSA) is 18.5 Å². The van der Waals surface area contributed by atoms with Crippen LogP contribution in [0.25, 0.3) is 0 Å². The summed E-state index contributed by atoms with van der Waals surface area (Å²) >= 11 is 1.70. The Morgan fingerprint density at radius 1 is 1.16 bits per heavy atom. The molecule has 0 saturated heterocycles.